The molecule has 0 unspecified atom stereocenters. The van der Waals surface area contributed by atoms with Crippen LogP contribution in [0.5, 0.6) is 0 Å². The van der Waals surface area contributed by atoms with Crippen molar-refractivity contribution < 1.29 is 14.7 Å². The van der Waals surface area contributed by atoms with Crippen LogP contribution < -0.4 is 5.32 Å². The maximum atomic E-state index is 12.0. The van der Waals surface area contributed by atoms with Crippen LogP contribution in [0.25, 0.3) is 0 Å². The van der Waals surface area contributed by atoms with Crippen molar-refractivity contribution in [2.75, 3.05) is 5.32 Å². The van der Waals surface area contributed by atoms with Crippen LogP contribution >= 0.6 is 11.6 Å². The van der Waals surface area contributed by atoms with Gasteiger partial charge in [-0.3, -0.25) is 4.79 Å². The number of hydrogen-bond donors (Lipinski definition) is 2. The molecule has 0 fully saturated rings. The van der Waals surface area contributed by atoms with Gasteiger partial charge in [0.15, 0.2) is 5.69 Å². The Labute approximate surface area is 113 Å². The molecule has 6 nitrogen and oxygen atoms in total. The third kappa shape index (κ3) is 2.86. The first-order chi connectivity index (χ1) is 9.09. The number of aromatic nitrogens is 2. The summed E-state index contributed by atoms with van der Waals surface area (Å²) in [5, 5.41) is 11.4. The van der Waals surface area contributed by atoms with E-state index in [4.69, 9.17) is 16.7 Å². The molecule has 0 aliphatic carbocycles. The summed E-state index contributed by atoms with van der Waals surface area (Å²) in [6.07, 6.45) is 2.78. The monoisotopic (exact) mass is 277 g/mol. The molecule has 1 amide bonds. The molecule has 0 aliphatic rings. The maximum absolute atomic E-state index is 12.0. The van der Waals surface area contributed by atoms with Crippen molar-refractivity contribution in [3.63, 3.8) is 0 Å². The summed E-state index contributed by atoms with van der Waals surface area (Å²) >= 11 is 5.78. The van der Waals surface area contributed by atoms with Gasteiger partial charge >= 0.3 is 5.97 Å². The molecule has 2 aromatic rings. The minimum absolute atomic E-state index is 0.0424. The average molecular weight is 278 g/mol. The third-order valence-corrected chi connectivity index (χ3v) is 2.56. The average Bonchev–Trinajstić information content (AvgIpc) is 2.39. The first-order valence-corrected chi connectivity index (χ1v) is 5.57. The highest BCUT2D eigenvalue weighted by Crippen LogP contribution is 2.16. The highest BCUT2D eigenvalue weighted by molar-refractivity contribution is 6.33. The first-order valence-electron chi connectivity index (χ1n) is 5.20. The standard InChI is InChI=1S/C12H8ClN3O3/c13-10-7(3-1-6-15-10)11(17)16-8-4-2-5-14-9(8)12(18)19/h1-6H,(H,16,17)(H,18,19). The van der Waals surface area contributed by atoms with Crippen LogP contribution in [0.3, 0.4) is 0 Å². The van der Waals surface area contributed by atoms with Gasteiger partial charge in [0.1, 0.15) is 5.15 Å². The lowest BCUT2D eigenvalue weighted by Crippen LogP contribution is -2.16. The van der Waals surface area contributed by atoms with E-state index < -0.39 is 11.9 Å². The summed E-state index contributed by atoms with van der Waals surface area (Å²) in [5.74, 6) is -1.78. The fourth-order valence-electron chi connectivity index (χ4n) is 1.42. The molecule has 0 saturated heterocycles. The molecule has 0 spiro atoms. The SMILES string of the molecule is O=C(Nc1cccnc1C(=O)O)c1cccnc1Cl. The van der Waals surface area contributed by atoms with E-state index in [1.54, 1.807) is 6.07 Å². The molecular formula is C12H8ClN3O3. The number of nitrogens with one attached hydrogen (secondary N) is 1. The van der Waals surface area contributed by atoms with Crippen LogP contribution in [0.4, 0.5) is 5.69 Å². The van der Waals surface area contributed by atoms with Gasteiger partial charge in [-0.05, 0) is 24.3 Å². The molecule has 7 heteroatoms. The summed E-state index contributed by atoms with van der Waals surface area (Å²) in [7, 11) is 0. The molecule has 2 heterocycles. The lowest BCUT2D eigenvalue weighted by molar-refractivity contribution is 0.0692. The van der Waals surface area contributed by atoms with E-state index in [-0.39, 0.29) is 22.1 Å². The van der Waals surface area contributed by atoms with Crippen LogP contribution in [-0.4, -0.2) is 27.0 Å². The van der Waals surface area contributed by atoms with Crippen LogP contribution in [0.15, 0.2) is 36.7 Å². The number of hydrogen-bond acceptors (Lipinski definition) is 4. The predicted octanol–water partition coefficient (Wildman–Crippen LogP) is 2.08. The molecule has 0 bridgehead atoms. The van der Waals surface area contributed by atoms with Gasteiger partial charge in [-0.2, -0.15) is 0 Å². The molecule has 2 rings (SSSR count). The number of amides is 1. The molecule has 0 aromatic carbocycles. The van der Waals surface area contributed by atoms with Crippen LogP contribution in [0, 0.1) is 0 Å². The zero-order valence-corrected chi connectivity index (χ0v) is 10.3. The Morgan fingerprint density at radius 3 is 2.53 bits per heavy atom. The summed E-state index contributed by atoms with van der Waals surface area (Å²) in [6, 6.07) is 6.01. The van der Waals surface area contributed by atoms with E-state index >= 15 is 0 Å². The number of aromatic carboxylic acids is 1. The number of carbonyl (C=O) groups excluding carboxylic acids is 1. The Morgan fingerprint density at radius 2 is 1.84 bits per heavy atom. The second-order valence-corrected chi connectivity index (χ2v) is 3.86. The number of halogens is 1. The van der Waals surface area contributed by atoms with E-state index in [2.05, 4.69) is 15.3 Å². The van der Waals surface area contributed by atoms with Gasteiger partial charge in [-0.25, -0.2) is 14.8 Å². The largest absolute Gasteiger partial charge is 0.476 e. The van der Waals surface area contributed by atoms with Gasteiger partial charge in [0.05, 0.1) is 11.3 Å². The zero-order chi connectivity index (χ0) is 13.8. The number of carboxylic acids is 1. The molecular weight excluding hydrogens is 270 g/mol. The van der Waals surface area contributed by atoms with E-state index in [1.807, 2.05) is 0 Å². The van der Waals surface area contributed by atoms with E-state index in [0.717, 1.165) is 0 Å². The number of rotatable bonds is 3. The molecule has 0 atom stereocenters. The van der Waals surface area contributed by atoms with E-state index in [0.29, 0.717) is 0 Å². The topological polar surface area (TPSA) is 92.2 Å². The lowest BCUT2D eigenvalue weighted by atomic mass is 10.2. The Morgan fingerprint density at radius 1 is 1.16 bits per heavy atom. The number of pyridine rings is 2. The van der Waals surface area contributed by atoms with Crippen LogP contribution in [0.2, 0.25) is 5.15 Å². The van der Waals surface area contributed by atoms with Gasteiger partial charge in [0.25, 0.3) is 5.91 Å². The molecule has 0 aliphatic heterocycles. The van der Waals surface area contributed by atoms with Gasteiger partial charge in [-0.1, -0.05) is 11.6 Å². The van der Waals surface area contributed by atoms with Crippen molar-refractivity contribution in [1.29, 1.82) is 0 Å². The number of anilines is 1. The normalized spacial score (nSPS) is 9.95. The molecule has 2 aromatic heterocycles. The fraction of sp³-hybridized carbons (Fsp3) is 0. The Balaban J connectivity index is 2.30. The predicted molar refractivity (Wildman–Crippen MR) is 68.4 cm³/mol. The van der Waals surface area contributed by atoms with Gasteiger partial charge < -0.3 is 10.4 Å². The van der Waals surface area contributed by atoms with Crippen LogP contribution in [0.1, 0.15) is 20.8 Å². The smallest absolute Gasteiger partial charge is 0.356 e. The summed E-state index contributed by atoms with van der Waals surface area (Å²) in [4.78, 5) is 30.4. The highest BCUT2D eigenvalue weighted by Gasteiger charge is 2.16. The molecule has 0 saturated carbocycles. The first kappa shape index (κ1) is 13.0. The van der Waals surface area contributed by atoms with Gasteiger partial charge in [0, 0.05) is 12.4 Å². The Hall–Kier alpha value is -2.47. The molecule has 0 radical (unpaired) electrons. The fourth-order valence-corrected chi connectivity index (χ4v) is 1.63. The van der Waals surface area contributed by atoms with Gasteiger partial charge in [0.2, 0.25) is 0 Å². The maximum Gasteiger partial charge on any atom is 0.356 e. The summed E-state index contributed by atoms with van der Waals surface area (Å²) in [6.45, 7) is 0. The second kappa shape index (κ2) is 5.45. The zero-order valence-electron chi connectivity index (χ0n) is 9.50. The number of carbonyl (C=O) groups is 2. The highest BCUT2D eigenvalue weighted by atomic mass is 35.5. The van der Waals surface area contributed by atoms with Crippen molar-refractivity contribution in [3.8, 4) is 0 Å². The van der Waals surface area contributed by atoms with Crippen molar-refractivity contribution in [2.45, 2.75) is 0 Å². The Kier molecular flexibility index (Phi) is 3.72. The molecule has 2 N–H and O–H groups in total. The van der Waals surface area contributed by atoms with Crippen LogP contribution in [-0.2, 0) is 0 Å². The van der Waals surface area contributed by atoms with Crippen molar-refractivity contribution in [2.24, 2.45) is 0 Å². The van der Waals surface area contributed by atoms with Gasteiger partial charge in [-0.15, -0.1) is 0 Å². The third-order valence-electron chi connectivity index (χ3n) is 2.26. The quantitative estimate of drug-likeness (QED) is 0.838. The number of carboxylic acid groups (broad SMARTS) is 1. The second-order valence-electron chi connectivity index (χ2n) is 3.50. The van der Waals surface area contributed by atoms with Crippen molar-refractivity contribution in [1.82, 2.24) is 9.97 Å². The molecule has 96 valence electrons. The summed E-state index contributed by atoms with van der Waals surface area (Å²) < 4.78 is 0. The number of nitrogens with zero attached hydrogens (tertiary/aromatic N) is 2. The van der Waals surface area contributed by atoms with E-state index in [1.165, 1.54) is 30.6 Å². The Bertz CT molecular complexity index is 646. The lowest BCUT2D eigenvalue weighted by Gasteiger charge is -2.07. The van der Waals surface area contributed by atoms with Crippen molar-refractivity contribution in [3.05, 3.63) is 53.1 Å². The summed E-state index contributed by atoms with van der Waals surface area (Å²) in [5.41, 5.74) is 0.0140. The minimum Gasteiger partial charge on any atom is -0.476 e. The minimum atomic E-state index is -1.23. The molecule has 19 heavy (non-hydrogen) atoms. The van der Waals surface area contributed by atoms with Crippen molar-refractivity contribution >= 4 is 29.2 Å². The van der Waals surface area contributed by atoms with E-state index in [9.17, 15) is 9.59 Å².